The van der Waals surface area contributed by atoms with Crippen LogP contribution in [-0.2, 0) is 52.3 Å². The number of ether oxygens (including phenoxy) is 7. The van der Waals surface area contributed by atoms with Gasteiger partial charge in [0.05, 0.1) is 0 Å². The molecule has 0 radical (unpaired) electrons. The third-order valence-corrected chi connectivity index (χ3v) is 7.66. The Hall–Kier alpha value is -3.18. The van der Waals surface area contributed by atoms with Crippen molar-refractivity contribution in [1.29, 1.82) is 0 Å². The number of aliphatic hydroxyl groups is 9. The number of rotatable bonds is 10. The number of carboxylic acid groups (broad SMARTS) is 4. The van der Waals surface area contributed by atoms with Crippen LogP contribution in [0.3, 0.4) is 0 Å². The molecular weight excluding hydrogens is 672 g/mol. The third kappa shape index (κ3) is 7.37. The molecule has 0 bridgehead atoms. The minimum atomic E-state index is -2.41. The zero-order valence-corrected chi connectivity index (χ0v) is 23.8. The van der Waals surface area contributed by atoms with E-state index < -0.39 is 140 Å². The molecule has 24 nitrogen and oxygen atoms in total. The van der Waals surface area contributed by atoms with E-state index in [1.54, 1.807) is 0 Å². The van der Waals surface area contributed by atoms with Gasteiger partial charge >= 0.3 is 23.9 Å². The minimum absolute atomic E-state index is 0.595. The highest BCUT2D eigenvalue weighted by Gasteiger charge is 2.57. The number of hydrogen-bond donors (Lipinski definition) is 13. The Morgan fingerprint density at radius 2 is 0.875 bits per heavy atom. The maximum atomic E-state index is 12.1. The van der Waals surface area contributed by atoms with Gasteiger partial charge in [-0.2, -0.15) is 0 Å². The Morgan fingerprint density at radius 1 is 0.500 bits per heavy atom. The van der Waals surface area contributed by atoms with Gasteiger partial charge in [0.15, 0.2) is 37.2 Å². The van der Waals surface area contributed by atoms with Crippen LogP contribution in [0.25, 0.3) is 0 Å². The lowest BCUT2D eigenvalue weighted by Gasteiger charge is -2.47. The molecule has 13 N–H and O–H groups in total. The highest BCUT2D eigenvalue weighted by Crippen LogP contribution is 2.34. The van der Waals surface area contributed by atoms with Crippen molar-refractivity contribution in [3.63, 3.8) is 0 Å². The molecule has 4 heterocycles. The van der Waals surface area contributed by atoms with Gasteiger partial charge in [-0.3, -0.25) is 0 Å². The molecule has 24 heteroatoms. The molecular formula is C24H32O24. The average Bonchev–Trinajstić information content (AvgIpc) is 3.01. The predicted octanol–water partition coefficient (Wildman–Crippen LogP) is -8.23. The van der Waals surface area contributed by atoms with E-state index in [4.69, 9.17) is 33.5 Å². The van der Waals surface area contributed by atoms with Crippen molar-refractivity contribution in [2.24, 2.45) is 0 Å². The molecule has 4 rings (SSSR count). The van der Waals surface area contributed by atoms with Gasteiger partial charge in [-0.25, -0.2) is 19.2 Å². The van der Waals surface area contributed by atoms with Crippen molar-refractivity contribution in [2.45, 2.75) is 111 Å². The van der Waals surface area contributed by atoms with Crippen molar-refractivity contribution < 1.29 is 119 Å². The van der Waals surface area contributed by atoms with Gasteiger partial charge in [0, 0.05) is 0 Å². The molecule has 0 aliphatic carbocycles. The summed E-state index contributed by atoms with van der Waals surface area (Å²) in [5.74, 6) is -8.39. The van der Waals surface area contributed by atoms with Gasteiger partial charge < -0.3 is 99.5 Å². The van der Waals surface area contributed by atoms with Crippen LogP contribution in [0.4, 0.5) is 0 Å². The van der Waals surface area contributed by atoms with Crippen molar-refractivity contribution in [3.8, 4) is 0 Å². The van der Waals surface area contributed by atoms with Crippen LogP contribution in [-0.4, -0.2) is 201 Å². The molecule has 3 fully saturated rings. The first-order valence-corrected chi connectivity index (χ1v) is 13.7. The van der Waals surface area contributed by atoms with Crippen LogP contribution < -0.4 is 0 Å². The Balaban J connectivity index is 1.51. The van der Waals surface area contributed by atoms with Crippen LogP contribution >= 0.6 is 0 Å². The van der Waals surface area contributed by atoms with E-state index in [1.807, 2.05) is 0 Å². The van der Waals surface area contributed by atoms with E-state index in [1.165, 1.54) is 0 Å². The van der Waals surface area contributed by atoms with E-state index in [2.05, 4.69) is 4.74 Å². The molecule has 272 valence electrons. The van der Waals surface area contributed by atoms with Crippen molar-refractivity contribution in [2.75, 3.05) is 0 Å². The van der Waals surface area contributed by atoms with Crippen LogP contribution in [0.2, 0.25) is 0 Å². The van der Waals surface area contributed by atoms with Gasteiger partial charge in [-0.15, -0.1) is 0 Å². The van der Waals surface area contributed by atoms with Crippen molar-refractivity contribution in [3.05, 3.63) is 11.8 Å². The van der Waals surface area contributed by atoms with Gasteiger partial charge in [0.1, 0.15) is 67.1 Å². The molecule has 18 atom stereocenters. The van der Waals surface area contributed by atoms with Crippen molar-refractivity contribution >= 4 is 23.9 Å². The summed E-state index contributed by atoms with van der Waals surface area (Å²) in [4.78, 5) is 47.0. The second kappa shape index (κ2) is 14.7. The molecule has 0 amide bonds. The van der Waals surface area contributed by atoms with Crippen LogP contribution in [0.1, 0.15) is 0 Å². The van der Waals surface area contributed by atoms with E-state index >= 15 is 0 Å². The molecule has 3 saturated heterocycles. The standard InChI is InChI=1S/C24H32O24/c25-2-1-3(17(33)34)42-22(4(2)26)44-12-6(28)9(31)24(47-15(12)19(37)38)46-13-7(29)10(32)23(48-16(13)20(39)40)45-11-5(27)8(30)21(41)43-14(11)18(35)36/h1-2,4-16,21-32,41H,(H,33,34)(H,35,36)(H,37,38)(H,39,40)/t2-,4-,5+,6+,7+,8-,9-,10-,11-,12-,13-,14+,15+,16+,21+,22-,23+,24+/m0/s1. The van der Waals surface area contributed by atoms with E-state index in [9.17, 15) is 80.5 Å². The smallest absolute Gasteiger partial charge is 0.371 e. The van der Waals surface area contributed by atoms with Crippen LogP contribution in [0.5, 0.6) is 0 Å². The number of carboxylic acids is 4. The molecule has 48 heavy (non-hydrogen) atoms. The van der Waals surface area contributed by atoms with Gasteiger partial charge in [-0.05, 0) is 6.08 Å². The Kier molecular flexibility index (Phi) is 11.6. The Morgan fingerprint density at radius 3 is 1.27 bits per heavy atom. The minimum Gasteiger partial charge on any atom is -0.479 e. The van der Waals surface area contributed by atoms with Gasteiger partial charge in [0.2, 0.25) is 12.0 Å². The summed E-state index contributed by atoms with van der Waals surface area (Å²) in [5, 5.41) is 131. The van der Waals surface area contributed by atoms with Gasteiger partial charge in [-0.1, -0.05) is 0 Å². The number of aliphatic carboxylic acids is 4. The fourth-order valence-electron chi connectivity index (χ4n) is 5.14. The molecule has 0 aromatic carbocycles. The lowest BCUT2D eigenvalue weighted by molar-refractivity contribution is -0.373. The second-order valence-corrected chi connectivity index (χ2v) is 10.9. The number of hydrogen-bond acceptors (Lipinski definition) is 20. The fraction of sp³-hybridized carbons (Fsp3) is 0.750. The average molecular weight is 704 g/mol. The number of aliphatic hydroxyl groups excluding tert-OH is 9. The maximum absolute atomic E-state index is 12.1. The first-order chi connectivity index (χ1) is 22.3. The zero-order chi connectivity index (χ0) is 35.9. The lowest BCUT2D eigenvalue weighted by atomic mass is 9.95. The molecule has 0 aromatic rings. The van der Waals surface area contributed by atoms with E-state index in [-0.39, 0.29) is 0 Å². The summed E-state index contributed by atoms with van der Waals surface area (Å²) in [5.41, 5.74) is 0. The van der Waals surface area contributed by atoms with Gasteiger partial charge in [0.25, 0.3) is 0 Å². The summed E-state index contributed by atoms with van der Waals surface area (Å²) in [6.45, 7) is 0. The molecule has 0 aromatic heterocycles. The fourth-order valence-corrected chi connectivity index (χ4v) is 5.14. The Bertz CT molecular complexity index is 1240. The summed E-state index contributed by atoms with van der Waals surface area (Å²) in [6.07, 6.45) is -39.8. The first kappa shape index (κ1) is 37.6. The summed E-state index contributed by atoms with van der Waals surface area (Å²) in [6, 6.07) is 0. The van der Waals surface area contributed by atoms with Crippen molar-refractivity contribution in [1.82, 2.24) is 0 Å². The topological polar surface area (TPSA) is 396 Å². The third-order valence-electron chi connectivity index (χ3n) is 7.66. The summed E-state index contributed by atoms with van der Waals surface area (Å²) in [7, 11) is 0. The van der Waals surface area contributed by atoms with E-state index in [0.29, 0.717) is 6.08 Å². The molecule has 4 aliphatic rings. The molecule has 0 spiro atoms. The quantitative estimate of drug-likeness (QED) is 0.100. The lowest BCUT2D eigenvalue weighted by Crippen LogP contribution is -2.68. The maximum Gasteiger partial charge on any atom is 0.371 e. The summed E-state index contributed by atoms with van der Waals surface area (Å²) < 4.78 is 35.4. The number of carbonyl (C=O) groups is 4. The largest absolute Gasteiger partial charge is 0.479 e. The second-order valence-electron chi connectivity index (χ2n) is 10.9. The highest BCUT2D eigenvalue weighted by atomic mass is 16.8. The Labute approximate surface area is 265 Å². The summed E-state index contributed by atoms with van der Waals surface area (Å²) >= 11 is 0. The predicted molar refractivity (Wildman–Crippen MR) is 134 cm³/mol. The molecule has 4 aliphatic heterocycles. The molecule has 0 saturated carbocycles. The zero-order valence-electron chi connectivity index (χ0n) is 23.8. The SMILES string of the molecule is O=C(O)C1=C[C@H](O)[C@H](O)[C@H](O[C@H]2[C@H](O)[C@H](O)[C@H](O[C@H]3[C@H](O)[C@H](O)[C@H](O[C@H]4[C@H](O)[C@H](O)[C@H](O)O[C@H]4C(=O)O)O[C@H]3C(=O)O)O[C@H]2C(=O)O)O1. The van der Waals surface area contributed by atoms with E-state index in [0.717, 1.165) is 0 Å². The first-order valence-electron chi connectivity index (χ1n) is 13.7. The monoisotopic (exact) mass is 704 g/mol. The van der Waals surface area contributed by atoms with Crippen LogP contribution in [0, 0.1) is 0 Å². The molecule has 0 unspecified atom stereocenters. The normalized spacial score (nSPS) is 46.6. The van der Waals surface area contributed by atoms with Crippen LogP contribution in [0.15, 0.2) is 11.8 Å². The highest BCUT2D eigenvalue weighted by molar-refractivity contribution is 5.84.